The zero-order valence-electron chi connectivity index (χ0n) is 9.33. The predicted molar refractivity (Wildman–Crippen MR) is 55.9 cm³/mol. The van der Waals surface area contributed by atoms with Crippen molar-refractivity contribution in [2.24, 2.45) is 0 Å². The maximum absolute atomic E-state index is 11.7. The lowest BCUT2D eigenvalue weighted by Crippen LogP contribution is -2.42. The summed E-state index contributed by atoms with van der Waals surface area (Å²) in [4.78, 5) is 27.6. The van der Waals surface area contributed by atoms with Gasteiger partial charge in [0.25, 0.3) is 0 Å². The second kappa shape index (κ2) is 4.99. The molecule has 0 unspecified atom stereocenters. The van der Waals surface area contributed by atoms with Crippen molar-refractivity contribution in [3.05, 3.63) is 0 Å². The third kappa shape index (κ3) is 2.74. The second-order valence-corrected chi connectivity index (χ2v) is 4.40. The summed E-state index contributed by atoms with van der Waals surface area (Å²) < 4.78 is 0. The maximum atomic E-state index is 11.7. The summed E-state index contributed by atoms with van der Waals surface area (Å²) in [5, 5.41) is 22.2. The molecule has 3 N–H and O–H groups in total. The average Bonchev–Trinajstić information content (AvgIpc) is 2.86. The molecule has 2 aliphatic heterocycles. The first-order chi connectivity index (χ1) is 8.08. The number of carbonyl (C=O) groups is 2. The van der Waals surface area contributed by atoms with E-state index < -0.39 is 30.1 Å². The quantitative estimate of drug-likeness (QED) is 0.568. The molecular weight excluding hydrogens is 228 g/mol. The summed E-state index contributed by atoms with van der Waals surface area (Å²) in [6.07, 6.45) is 0.958. The van der Waals surface area contributed by atoms with Crippen LogP contribution in [0.2, 0.25) is 0 Å². The highest BCUT2D eigenvalue weighted by Crippen LogP contribution is 2.19. The van der Waals surface area contributed by atoms with Gasteiger partial charge in [-0.15, -0.1) is 5.06 Å². The Morgan fingerprint density at radius 2 is 2.18 bits per heavy atom. The van der Waals surface area contributed by atoms with Crippen LogP contribution in [0, 0.1) is 0 Å². The van der Waals surface area contributed by atoms with Gasteiger partial charge in [0.05, 0.1) is 6.10 Å². The van der Waals surface area contributed by atoms with Crippen molar-refractivity contribution in [1.82, 2.24) is 10.4 Å². The lowest BCUT2D eigenvalue weighted by atomic mass is 10.2. The summed E-state index contributed by atoms with van der Waals surface area (Å²) in [5.74, 6) is -1.50. The van der Waals surface area contributed by atoms with E-state index in [1.807, 2.05) is 0 Å². The van der Waals surface area contributed by atoms with Crippen LogP contribution in [0.5, 0.6) is 0 Å². The van der Waals surface area contributed by atoms with E-state index in [1.54, 1.807) is 0 Å². The number of carbonyl (C=O) groups excluding carboxylic acids is 1. The predicted octanol–water partition coefficient (Wildman–Crippen LogP) is -1.28. The van der Waals surface area contributed by atoms with Crippen LogP contribution in [0.1, 0.15) is 19.3 Å². The van der Waals surface area contributed by atoms with Crippen molar-refractivity contribution >= 4 is 11.9 Å². The molecule has 7 nitrogen and oxygen atoms in total. The summed E-state index contributed by atoms with van der Waals surface area (Å²) in [6.45, 7) is 0.806. The van der Waals surface area contributed by atoms with E-state index in [4.69, 9.17) is 9.94 Å². The van der Waals surface area contributed by atoms with E-state index in [0.29, 0.717) is 32.4 Å². The van der Waals surface area contributed by atoms with Crippen LogP contribution in [0.3, 0.4) is 0 Å². The molecule has 3 atom stereocenters. The Morgan fingerprint density at radius 1 is 1.41 bits per heavy atom. The van der Waals surface area contributed by atoms with E-state index in [2.05, 4.69) is 5.32 Å². The Kier molecular flexibility index (Phi) is 3.60. The van der Waals surface area contributed by atoms with E-state index in [1.165, 1.54) is 5.06 Å². The molecule has 2 fully saturated rings. The van der Waals surface area contributed by atoms with Crippen LogP contribution in [-0.4, -0.2) is 58.5 Å². The lowest BCUT2D eigenvalue weighted by Gasteiger charge is -2.21. The molecule has 0 saturated carbocycles. The van der Waals surface area contributed by atoms with Crippen LogP contribution in [-0.2, 0) is 14.4 Å². The first kappa shape index (κ1) is 12.3. The zero-order chi connectivity index (χ0) is 12.4. The van der Waals surface area contributed by atoms with E-state index in [-0.39, 0.29) is 0 Å². The smallest absolute Gasteiger partial charge is 0.342 e. The van der Waals surface area contributed by atoms with Crippen molar-refractivity contribution in [3.63, 3.8) is 0 Å². The van der Waals surface area contributed by atoms with Crippen molar-refractivity contribution in [3.8, 4) is 0 Å². The minimum Gasteiger partial charge on any atom is -0.480 e. The molecule has 0 spiro atoms. The van der Waals surface area contributed by atoms with Crippen molar-refractivity contribution in [1.29, 1.82) is 0 Å². The highest BCUT2D eigenvalue weighted by Gasteiger charge is 2.36. The van der Waals surface area contributed by atoms with Gasteiger partial charge >= 0.3 is 11.9 Å². The monoisotopic (exact) mass is 244 g/mol. The molecule has 0 amide bonds. The molecule has 2 rings (SSSR count). The highest BCUT2D eigenvalue weighted by atomic mass is 16.7. The molecule has 0 aromatic rings. The van der Waals surface area contributed by atoms with E-state index in [9.17, 15) is 14.7 Å². The Hall–Kier alpha value is -1.18. The van der Waals surface area contributed by atoms with Crippen LogP contribution in [0.25, 0.3) is 0 Å². The number of hydroxylamine groups is 2. The Labute approximate surface area is 98.3 Å². The molecule has 0 aliphatic carbocycles. The van der Waals surface area contributed by atoms with Crippen LogP contribution >= 0.6 is 0 Å². The third-order valence-electron chi connectivity index (χ3n) is 3.09. The Morgan fingerprint density at radius 3 is 2.76 bits per heavy atom. The van der Waals surface area contributed by atoms with Gasteiger partial charge in [0.15, 0.2) is 0 Å². The van der Waals surface area contributed by atoms with Crippen molar-refractivity contribution in [2.45, 2.75) is 37.5 Å². The van der Waals surface area contributed by atoms with Gasteiger partial charge < -0.3 is 20.4 Å². The van der Waals surface area contributed by atoms with Gasteiger partial charge in [-0.05, 0) is 12.8 Å². The average molecular weight is 244 g/mol. The fraction of sp³-hybridized carbons (Fsp3) is 0.800. The molecule has 7 heteroatoms. The Balaban J connectivity index is 1.88. The van der Waals surface area contributed by atoms with Gasteiger partial charge in [0.2, 0.25) is 0 Å². The Bertz CT molecular complexity index is 322. The largest absolute Gasteiger partial charge is 0.480 e. The van der Waals surface area contributed by atoms with Gasteiger partial charge in [0.1, 0.15) is 12.1 Å². The topological polar surface area (TPSA) is 99.1 Å². The normalized spacial score (nSPS) is 33.8. The molecule has 2 heterocycles. The number of rotatable bonds is 3. The number of hydrogen-bond donors (Lipinski definition) is 3. The molecule has 96 valence electrons. The van der Waals surface area contributed by atoms with E-state index in [0.717, 1.165) is 0 Å². The summed E-state index contributed by atoms with van der Waals surface area (Å²) in [7, 11) is 0. The van der Waals surface area contributed by atoms with E-state index >= 15 is 0 Å². The van der Waals surface area contributed by atoms with Crippen LogP contribution in [0.15, 0.2) is 0 Å². The molecule has 17 heavy (non-hydrogen) atoms. The number of aliphatic hydroxyl groups is 1. The van der Waals surface area contributed by atoms with Gasteiger partial charge in [-0.2, -0.15) is 0 Å². The number of aliphatic carboxylic acids is 1. The van der Waals surface area contributed by atoms with Crippen LogP contribution < -0.4 is 5.32 Å². The fourth-order valence-corrected chi connectivity index (χ4v) is 2.17. The SMILES string of the molecule is O=C(ON1CCC[C@H]1C(=O)O)[C@@H]1C[C@@H](O)CN1. The minimum absolute atomic E-state index is 0.310. The third-order valence-corrected chi connectivity index (χ3v) is 3.09. The van der Waals surface area contributed by atoms with Crippen LogP contribution in [0.4, 0.5) is 0 Å². The molecule has 2 saturated heterocycles. The number of nitrogens with one attached hydrogen (secondary N) is 1. The zero-order valence-corrected chi connectivity index (χ0v) is 9.33. The first-order valence-corrected chi connectivity index (χ1v) is 5.70. The van der Waals surface area contributed by atoms with Crippen molar-refractivity contribution < 1.29 is 24.6 Å². The maximum Gasteiger partial charge on any atom is 0.342 e. The summed E-state index contributed by atoms with van der Waals surface area (Å²) in [6, 6.07) is -1.29. The molecule has 0 radical (unpaired) electrons. The number of nitrogens with zero attached hydrogens (tertiary/aromatic N) is 1. The minimum atomic E-state index is -0.977. The van der Waals surface area contributed by atoms with Gasteiger partial charge in [-0.3, -0.25) is 4.79 Å². The standard InChI is InChI=1S/C10H16N2O5/c13-6-4-7(11-5-6)10(16)17-12-3-1-2-8(12)9(14)15/h6-8,11,13H,1-5H2,(H,14,15)/t6-,7+,8+/m1/s1. The van der Waals surface area contributed by atoms with Gasteiger partial charge in [0, 0.05) is 19.5 Å². The summed E-state index contributed by atoms with van der Waals surface area (Å²) >= 11 is 0. The molecule has 0 aromatic heterocycles. The number of β-amino-alcohol motifs (C(OH)–C–C–N with tert-alkyl or cyclic N) is 1. The molecule has 0 bridgehead atoms. The molecule has 0 aromatic carbocycles. The number of carboxylic acids is 1. The second-order valence-electron chi connectivity index (χ2n) is 4.40. The number of carboxylic acid groups (broad SMARTS) is 1. The lowest BCUT2D eigenvalue weighted by molar-refractivity contribution is -0.201. The van der Waals surface area contributed by atoms with Gasteiger partial charge in [-0.1, -0.05) is 0 Å². The molecule has 2 aliphatic rings. The fourth-order valence-electron chi connectivity index (χ4n) is 2.17. The number of hydrogen-bond acceptors (Lipinski definition) is 6. The summed E-state index contributed by atoms with van der Waals surface area (Å²) in [5.41, 5.74) is 0. The first-order valence-electron chi connectivity index (χ1n) is 5.70. The molecular formula is C10H16N2O5. The van der Waals surface area contributed by atoms with Gasteiger partial charge in [-0.25, -0.2) is 4.79 Å². The highest BCUT2D eigenvalue weighted by molar-refractivity contribution is 5.77. The number of aliphatic hydroxyl groups excluding tert-OH is 1. The van der Waals surface area contributed by atoms with Crippen molar-refractivity contribution in [2.75, 3.05) is 13.1 Å².